The Bertz CT molecular complexity index is 618. The third-order valence-corrected chi connectivity index (χ3v) is 3.24. The van der Waals surface area contributed by atoms with Gasteiger partial charge in [0.05, 0.1) is 0 Å². The van der Waals surface area contributed by atoms with Crippen LogP contribution in [0.1, 0.15) is 25.3 Å². The Morgan fingerprint density at radius 3 is 2.63 bits per heavy atom. The zero-order valence-corrected chi connectivity index (χ0v) is 10.8. The number of nitrogens with one attached hydrogen (secondary N) is 2. The normalized spacial score (nSPS) is 14.0. The Kier molecular flexibility index (Phi) is 3.55. The standard InChI is InChI=1S/C14H16N2O3/c1-8(13(14(18)19)16-9(2)17)11-7-15-12-6-4-3-5-10(11)12/h3-8,13,15H,1-2H3,(H,16,17)(H,18,19)/t8-,13-/m0/s1. The van der Waals surface area contributed by atoms with Crippen molar-refractivity contribution in [3.8, 4) is 0 Å². The lowest BCUT2D eigenvalue weighted by Gasteiger charge is -2.20. The molecule has 0 aliphatic rings. The maximum absolute atomic E-state index is 11.3. The first-order valence-corrected chi connectivity index (χ1v) is 6.06. The highest BCUT2D eigenvalue weighted by atomic mass is 16.4. The molecule has 0 aliphatic heterocycles. The van der Waals surface area contributed by atoms with Gasteiger partial charge in [-0.05, 0) is 11.6 Å². The smallest absolute Gasteiger partial charge is 0.326 e. The second-order valence-electron chi connectivity index (χ2n) is 4.59. The predicted molar refractivity (Wildman–Crippen MR) is 72.0 cm³/mol. The van der Waals surface area contributed by atoms with Gasteiger partial charge in [0, 0.05) is 29.9 Å². The largest absolute Gasteiger partial charge is 0.480 e. The zero-order chi connectivity index (χ0) is 14.0. The number of amides is 1. The van der Waals surface area contributed by atoms with E-state index in [-0.39, 0.29) is 11.8 Å². The molecule has 100 valence electrons. The Hall–Kier alpha value is -2.30. The highest BCUT2D eigenvalue weighted by Gasteiger charge is 2.28. The van der Waals surface area contributed by atoms with Crippen LogP contribution < -0.4 is 5.32 Å². The van der Waals surface area contributed by atoms with E-state index in [1.54, 1.807) is 13.1 Å². The van der Waals surface area contributed by atoms with Crippen LogP contribution in [0.25, 0.3) is 10.9 Å². The maximum atomic E-state index is 11.3. The molecule has 0 spiro atoms. The molecule has 1 aromatic heterocycles. The van der Waals surface area contributed by atoms with Gasteiger partial charge in [0.25, 0.3) is 0 Å². The van der Waals surface area contributed by atoms with Crippen molar-refractivity contribution in [1.82, 2.24) is 10.3 Å². The summed E-state index contributed by atoms with van der Waals surface area (Å²) in [6.07, 6.45) is 1.80. The quantitative estimate of drug-likeness (QED) is 0.784. The molecule has 1 heterocycles. The third-order valence-electron chi connectivity index (χ3n) is 3.24. The molecule has 0 unspecified atom stereocenters. The molecule has 0 fully saturated rings. The van der Waals surface area contributed by atoms with E-state index in [9.17, 15) is 14.7 Å². The minimum absolute atomic E-state index is 0.322. The fourth-order valence-corrected chi connectivity index (χ4v) is 2.27. The molecule has 0 saturated heterocycles. The fourth-order valence-electron chi connectivity index (χ4n) is 2.27. The number of hydrogen-bond acceptors (Lipinski definition) is 2. The Balaban J connectivity index is 2.38. The highest BCUT2D eigenvalue weighted by Crippen LogP contribution is 2.27. The number of carboxylic acid groups (broad SMARTS) is 1. The van der Waals surface area contributed by atoms with Crippen molar-refractivity contribution in [3.05, 3.63) is 36.0 Å². The molecule has 5 heteroatoms. The molecule has 5 nitrogen and oxygen atoms in total. The van der Waals surface area contributed by atoms with E-state index < -0.39 is 12.0 Å². The van der Waals surface area contributed by atoms with Crippen molar-refractivity contribution >= 4 is 22.8 Å². The number of benzene rings is 1. The van der Waals surface area contributed by atoms with Crippen LogP contribution in [0.15, 0.2) is 30.5 Å². The second-order valence-corrected chi connectivity index (χ2v) is 4.59. The van der Waals surface area contributed by atoms with E-state index in [1.165, 1.54) is 6.92 Å². The van der Waals surface area contributed by atoms with Crippen LogP contribution >= 0.6 is 0 Å². The second kappa shape index (κ2) is 5.14. The molecule has 3 N–H and O–H groups in total. The van der Waals surface area contributed by atoms with Crippen molar-refractivity contribution in [2.45, 2.75) is 25.8 Å². The van der Waals surface area contributed by atoms with Crippen molar-refractivity contribution in [2.75, 3.05) is 0 Å². The summed E-state index contributed by atoms with van der Waals surface area (Å²) in [5.74, 6) is -1.70. The SMILES string of the molecule is CC(=O)N[C@H](C(=O)O)[C@@H](C)c1c[nH]c2ccccc12. The van der Waals surface area contributed by atoms with Crippen LogP contribution in [0, 0.1) is 0 Å². The van der Waals surface area contributed by atoms with Gasteiger partial charge in [0.2, 0.25) is 5.91 Å². The monoisotopic (exact) mass is 260 g/mol. The van der Waals surface area contributed by atoms with Crippen LogP contribution in [0.2, 0.25) is 0 Å². The summed E-state index contributed by atoms with van der Waals surface area (Å²) in [6.45, 7) is 3.11. The summed E-state index contributed by atoms with van der Waals surface area (Å²) in [6, 6.07) is 6.75. The number of aromatic nitrogens is 1. The van der Waals surface area contributed by atoms with Crippen molar-refractivity contribution in [1.29, 1.82) is 0 Å². The van der Waals surface area contributed by atoms with Gasteiger partial charge in [-0.1, -0.05) is 25.1 Å². The van der Waals surface area contributed by atoms with E-state index in [0.717, 1.165) is 16.5 Å². The number of carbonyl (C=O) groups excluding carboxylic acids is 1. The minimum Gasteiger partial charge on any atom is -0.480 e. The van der Waals surface area contributed by atoms with Gasteiger partial charge >= 0.3 is 5.97 Å². The number of carboxylic acids is 1. The summed E-state index contributed by atoms with van der Waals surface area (Å²) in [5.41, 5.74) is 1.84. The lowest BCUT2D eigenvalue weighted by molar-refractivity contribution is -0.142. The van der Waals surface area contributed by atoms with Gasteiger partial charge in [0.1, 0.15) is 6.04 Å². The molecule has 19 heavy (non-hydrogen) atoms. The highest BCUT2D eigenvalue weighted by molar-refractivity contribution is 5.87. The first kappa shape index (κ1) is 13.1. The van der Waals surface area contributed by atoms with Gasteiger partial charge in [-0.15, -0.1) is 0 Å². The molecule has 0 bridgehead atoms. The number of carbonyl (C=O) groups is 2. The fraction of sp³-hybridized carbons (Fsp3) is 0.286. The molecule has 2 rings (SSSR count). The van der Waals surface area contributed by atoms with E-state index in [2.05, 4.69) is 10.3 Å². The van der Waals surface area contributed by atoms with E-state index in [1.807, 2.05) is 24.3 Å². The average Bonchev–Trinajstić information content (AvgIpc) is 2.78. The van der Waals surface area contributed by atoms with E-state index in [4.69, 9.17) is 0 Å². The minimum atomic E-state index is -1.03. The number of aliphatic carboxylic acids is 1. The number of H-pyrrole nitrogens is 1. The molecule has 0 radical (unpaired) electrons. The topological polar surface area (TPSA) is 82.2 Å². The lowest BCUT2D eigenvalue weighted by atomic mass is 9.93. The van der Waals surface area contributed by atoms with Gasteiger partial charge in [-0.2, -0.15) is 0 Å². The molecule has 2 aromatic rings. The van der Waals surface area contributed by atoms with Crippen LogP contribution in [0.4, 0.5) is 0 Å². The molecule has 2 atom stereocenters. The maximum Gasteiger partial charge on any atom is 0.326 e. The van der Waals surface area contributed by atoms with Crippen LogP contribution in [0.3, 0.4) is 0 Å². The van der Waals surface area contributed by atoms with Gasteiger partial charge < -0.3 is 15.4 Å². The zero-order valence-electron chi connectivity index (χ0n) is 10.8. The number of rotatable bonds is 4. The Morgan fingerprint density at radius 2 is 2.00 bits per heavy atom. The molecular formula is C14H16N2O3. The van der Waals surface area contributed by atoms with Crippen molar-refractivity contribution in [3.63, 3.8) is 0 Å². The Labute approximate surface area is 110 Å². The summed E-state index contributed by atoms with van der Waals surface area (Å²) >= 11 is 0. The van der Waals surface area contributed by atoms with Crippen molar-refractivity contribution < 1.29 is 14.7 Å². The predicted octanol–water partition coefficient (Wildman–Crippen LogP) is 1.86. The van der Waals surface area contributed by atoms with E-state index >= 15 is 0 Å². The summed E-state index contributed by atoms with van der Waals surface area (Å²) in [7, 11) is 0. The number of hydrogen-bond donors (Lipinski definition) is 3. The summed E-state index contributed by atoms with van der Waals surface area (Å²) in [4.78, 5) is 25.5. The van der Waals surface area contributed by atoms with Gasteiger partial charge in [-0.25, -0.2) is 4.79 Å². The molecule has 0 aliphatic carbocycles. The lowest BCUT2D eigenvalue weighted by Crippen LogP contribution is -2.43. The summed E-state index contributed by atoms with van der Waals surface area (Å²) in [5, 5.41) is 12.7. The average molecular weight is 260 g/mol. The van der Waals surface area contributed by atoms with Crippen LogP contribution in [-0.2, 0) is 9.59 Å². The van der Waals surface area contributed by atoms with Crippen LogP contribution in [-0.4, -0.2) is 28.0 Å². The first-order chi connectivity index (χ1) is 9.00. The first-order valence-electron chi connectivity index (χ1n) is 6.06. The molecule has 0 saturated carbocycles. The number of fused-ring (bicyclic) bond motifs is 1. The summed E-state index contributed by atoms with van der Waals surface area (Å²) < 4.78 is 0. The number of aromatic amines is 1. The van der Waals surface area contributed by atoms with Crippen LogP contribution in [0.5, 0.6) is 0 Å². The van der Waals surface area contributed by atoms with Gasteiger partial charge in [0.15, 0.2) is 0 Å². The Morgan fingerprint density at radius 1 is 1.32 bits per heavy atom. The van der Waals surface area contributed by atoms with Crippen molar-refractivity contribution in [2.24, 2.45) is 0 Å². The third kappa shape index (κ3) is 2.59. The molecular weight excluding hydrogens is 244 g/mol. The van der Waals surface area contributed by atoms with E-state index in [0.29, 0.717) is 0 Å². The molecule has 1 amide bonds. The number of para-hydroxylation sites is 1. The van der Waals surface area contributed by atoms with Gasteiger partial charge in [-0.3, -0.25) is 4.79 Å². The molecule has 1 aromatic carbocycles.